The molecule has 0 amide bonds. The Morgan fingerprint density at radius 3 is 1.42 bits per heavy atom. The molecule has 0 spiro atoms. The molecule has 392 valence electrons. The van der Waals surface area contributed by atoms with E-state index >= 15 is 0 Å². The first-order valence-corrected chi connectivity index (χ1v) is 27.4. The average Bonchev–Trinajstić information content (AvgIpc) is 3.91. The molecule has 0 N–H and O–H groups in total. The summed E-state index contributed by atoms with van der Waals surface area (Å²) in [5.41, 5.74) is 8.70. The van der Waals surface area contributed by atoms with E-state index in [4.69, 9.17) is 14.0 Å². The van der Waals surface area contributed by atoms with Gasteiger partial charge in [-0.1, -0.05) is 217 Å². The van der Waals surface area contributed by atoms with E-state index in [0.29, 0.717) is 17.1 Å². The van der Waals surface area contributed by atoms with E-state index in [1.54, 1.807) is 7.11 Å². The van der Waals surface area contributed by atoms with Gasteiger partial charge in [0.25, 0.3) is 0 Å². The molecule has 0 aliphatic rings. The zero-order valence-corrected chi connectivity index (χ0v) is 46.3. The molecule has 0 bridgehead atoms. The van der Waals surface area contributed by atoms with Crippen LogP contribution < -0.4 is 9.47 Å². The van der Waals surface area contributed by atoms with Gasteiger partial charge in [0.2, 0.25) is 0 Å². The second-order valence-corrected chi connectivity index (χ2v) is 20.8. The molecule has 73 heavy (non-hydrogen) atoms. The highest BCUT2D eigenvalue weighted by atomic mass is 16.5. The van der Waals surface area contributed by atoms with Crippen LogP contribution in [0.3, 0.4) is 0 Å². The predicted molar refractivity (Wildman–Crippen MR) is 305 cm³/mol. The minimum Gasteiger partial charge on any atom is -0.497 e. The van der Waals surface area contributed by atoms with Crippen LogP contribution in [0.2, 0.25) is 0 Å². The number of carbonyl (C=O) groups excluding carboxylic acids is 3. The largest absolute Gasteiger partial charge is 0.497 e. The van der Waals surface area contributed by atoms with Crippen molar-refractivity contribution in [3.05, 3.63) is 139 Å². The fraction of sp³-hybridized carbons (Fsp3) is 0.455. The van der Waals surface area contributed by atoms with Crippen molar-refractivity contribution in [2.45, 2.75) is 153 Å². The lowest BCUT2D eigenvalue weighted by Crippen LogP contribution is -2.06. The maximum atomic E-state index is 12.1. The summed E-state index contributed by atoms with van der Waals surface area (Å²) in [5, 5.41) is 4.12. The standard InChI is InChI=1S/C27H30O2.C20H19NO3.C19H38O/c1-4-5-6-19-29-26-17-15-24(16-18-26)22-9-7-21(8-10-22)23-11-13-25(14-12-23)27(28)20(2)3;1-13(2)20(22)16-6-4-14(5-7-16)18-12-19(24-21-18)15-8-10-17(23-3)11-9-15;1-6-17(4)15-18(5)13-11-9-7-8-10-12-14-19(20)16(2)3/h7-18,20H,4-6,19H2,1-3H3;4-13H,1-3H3;16-18H,6-15H2,1-5H3. The minimum absolute atomic E-state index is 0.00965. The number of rotatable bonds is 27. The molecule has 1 aromatic heterocycles. The lowest BCUT2D eigenvalue weighted by Gasteiger charge is -2.15. The number of nitrogens with zero attached hydrogens (tertiary/aromatic N) is 1. The fourth-order valence-corrected chi connectivity index (χ4v) is 8.50. The van der Waals surface area contributed by atoms with Crippen LogP contribution in [-0.2, 0) is 4.79 Å². The van der Waals surface area contributed by atoms with Crippen LogP contribution in [0.25, 0.3) is 44.8 Å². The van der Waals surface area contributed by atoms with Gasteiger partial charge in [-0.25, -0.2) is 0 Å². The van der Waals surface area contributed by atoms with E-state index in [1.807, 2.05) is 133 Å². The molecule has 0 radical (unpaired) electrons. The Morgan fingerprint density at radius 1 is 0.493 bits per heavy atom. The zero-order valence-electron chi connectivity index (χ0n) is 46.3. The SMILES string of the molecule is CCC(C)CC(C)CCCCCCCCC(=O)C(C)C.CCCCCOc1ccc(-c2ccc(-c3ccc(C(=O)C(C)C)cc3)cc2)cc1.COc1ccc(-c2cc(-c3ccc(C(=O)C(C)C)cc3)no2)cc1. The lowest BCUT2D eigenvalue weighted by molar-refractivity contribution is -0.122. The van der Waals surface area contributed by atoms with Crippen LogP contribution in [-0.4, -0.2) is 36.2 Å². The average molecular weight is 990 g/mol. The van der Waals surface area contributed by atoms with E-state index < -0.39 is 0 Å². The quantitative estimate of drug-likeness (QED) is 0.0375. The molecule has 5 aromatic carbocycles. The zero-order chi connectivity index (χ0) is 53.1. The summed E-state index contributed by atoms with van der Waals surface area (Å²) < 4.78 is 16.4. The summed E-state index contributed by atoms with van der Waals surface area (Å²) in [7, 11) is 1.63. The first-order chi connectivity index (χ1) is 35.1. The van der Waals surface area contributed by atoms with Gasteiger partial charge in [-0.3, -0.25) is 14.4 Å². The molecule has 6 aromatic rings. The van der Waals surface area contributed by atoms with Gasteiger partial charge >= 0.3 is 0 Å². The topological polar surface area (TPSA) is 95.7 Å². The summed E-state index contributed by atoms with van der Waals surface area (Å²) in [6, 6.07) is 41.7. The molecule has 0 aliphatic carbocycles. The number of unbranched alkanes of at least 4 members (excludes halogenated alkanes) is 7. The number of ketones is 3. The van der Waals surface area contributed by atoms with Gasteiger partial charge in [0.1, 0.15) is 23.0 Å². The summed E-state index contributed by atoms with van der Waals surface area (Å²) in [4.78, 5) is 35.6. The van der Waals surface area contributed by atoms with Crippen LogP contribution in [0, 0.1) is 29.6 Å². The summed E-state index contributed by atoms with van der Waals surface area (Å²) in [6.45, 7) is 21.7. The Kier molecular flexibility index (Phi) is 26.2. The molecule has 2 atom stereocenters. The molecule has 0 saturated heterocycles. The number of methoxy groups -OCH3 is 1. The lowest BCUT2D eigenvalue weighted by atomic mass is 9.91. The van der Waals surface area contributed by atoms with Crippen molar-refractivity contribution in [1.29, 1.82) is 0 Å². The molecule has 7 nitrogen and oxygen atoms in total. The molecular formula is C66H87NO6. The number of hydrogen-bond donors (Lipinski definition) is 0. The maximum absolute atomic E-state index is 12.1. The number of hydrogen-bond acceptors (Lipinski definition) is 7. The highest BCUT2D eigenvalue weighted by Crippen LogP contribution is 2.30. The van der Waals surface area contributed by atoms with Crippen molar-refractivity contribution in [2.24, 2.45) is 29.6 Å². The Hall–Kier alpha value is -6.08. The third kappa shape index (κ3) is 20.8. The normalized spacial score (nSPS) is 11.9. The van der Waals surface area contributed by atoms with Crippen molar-refractivity contribution in [1.82, 2.24) is 5.16 Å². The van der Waals surface area contributed by atoms with Crippen LogP contribution in [0.4, 0.5) is 0 Å². The van der Waals surface area contributed by atoms with Gasteiger partial charge in [0.05, 0.1) is 13.7 Å². The van der Waals surface area contributed by atoms with E-state index in [1.165, 1.54) is 75.3 Å². The highest BCUT2D eigenvalue weighted by Gasteiger charge is 2.14. The minimum atomic E-state index is -0.00965. The Morgan fingerprint density at radius 2 is 0.945 bits per heavy atom. The number of aromatic nitrogens is 1. The van der Waals surface area contributed by atoms with E-state index in [2.05, 4.69) is 69.2 Å². The Labute approximate surface area is 439 Å². The van der Waals surface area contributed by atoms with E-state index in [0.717, 1.165) is 82.7 Å². The molecule has 2 unspecified atom stereocenters. The van der Waals surface area contributed by atoms with Gasteiger partial charge in [-0.2, -0.15) is 0 Å². The van der Waals surface area contributed by atoms with E-state index in [9.17, 15) is 14.4 Å². The second kappa shape index (κ2) is 32.2. The van der Waals surface area contributed by atoms with Gasteiger partial charge in [-0.15, -0.1) is 0 Å². The van der Waals surface area contributed by atoms with Crippen molar-refractivity contribution in [3.8, 4) is 56.3 Å². The van der Waals surface area contributed by atoms with Crippen LogP contribution >= 0.6 is 0 Å². The van der Waals surface area contributed by atoms with Gasteiger partial charge in [0.15, 0.2) is 17.3 Å². The van der Waals surface area contributed by atoms with Gasteiger partial charge in [-0.05, 0) is 89.8 Å². The molecule has 0 saturated carbocycles. The second-order valence-electron chi connectivity index (χ2n) is 20.8. The molecule has 0 fully saturated rings. The van der Waals surface area contributed by atoms with Crippen LogP contribution in [0.15, 0.2) is 132 Å². The molecule has 1 heterocycles. The highest BCUT2D eigenvalue weighted by molar-refractivity contribution is 5.98. The predicted octanol–water partition coefficient (Wildman–Crippen LogP) is 18.7. The van der Waals surface area contributed by atoms with Crippen LogP contribution in [0.1, 0.15) is 173 Å². The van der Waals surface area contributed by atoms with Gasteiger partial charge in [0, 0.05) is 52.5 Å². The third-order valence-electron chi connectivity index (χ3n) is 13.5. The summed E-state index contributed by atoms with van der Waals surface area (Å²) in [6.07, 6.45) is 16.2. The van der Waals surface area contributed by atoms with E-state index in [-0.39, 0.29) is 29.3 Å². The third-order valence-corrected chi connectivity index (χ3v) is 13.5. The van der Waals surface area contributed by atoms with Crippen molar-refractivity contribution in [3.63, 3.8) is 0 Å². The molecule has 7 heteroatoms. The number of Topliss-reactive ketones (excluding diaryl/α,β-unsaturated/α-hetero) is 3. The number of carbonyl (C=O) groups is 3. The summed E-state index contributed by atoms with van der Waals surface area (Å²) in [5.74, 6) is 5.20. The smallest absolute Gasteiger partial charge is 0.167 e. The first kappa shape index (κ1) is 59.5. The number of benzene rings is 5. The first-order valence-electron chi connectivity index (χ1n) is 27.4. The Bertz CT molecular complexity index is 2480. The fourth-order valence-electron chi connectivity index (χ4n) is 8.50. The Balaban J connectivity index is 0.000000242. The van der Waals surface area contributed by atoms with Crippen molar-refractivity contribution >= 4 is 17.3 Å². The van der Waals surface area contributed by atoms with Crippen molar-refractivity contribution < 1.29 is 28.4 Å². The van der Waals surface area contributed by atoms with Gasteiger partial charge < -0.3 is 14.0 Å². The number of ether oxygens (including phenoxy) is 2. The molecular weight excluding hydrogens is 903 g/mol. The van der Waals surface area contributed by atoms with Crippen LogP contribution in [0.5, 0.6) is 11.5 Å². The molecule has 6 rings (SSSR count). The summed E-state index contributed by atoms with van der Waals surface area (Å²) >= 11 is 0. The van der Waals surface area contributed by atoms with Crippen molar-refractivity contribution in [2.75, 3.05) is 13.7 Å². The molecule has 0 aliphatic heterocycles. The monoisotopic (exact) mass is 990 g/mol. The maximum Gasteiger partial charge on any atom is 0.167 e.